The highest BCUT2D eigenvalue weighted by Crippen LogP contribution is 2.28. The van der Waals surface area contributed by atoms with Crippen molar-refractivity contribution in [2.45, 2.75) is 58.5 Å². The van der Waals surface area contributed by atoms with Crippen molar-refractivity contribution in [3.8, 4) is 0 Å². The molecule has 0 spiro atoms. The fourth-order valence-corrected chi connectivity index (χ4v) is 3.20. The number of aliphatic carboxylic acids is 1. The lowest BCUT2D eigenvalue weighted by molar-refractivity contribution is -0.145. The van der Waals surface area contributed by atoms with Gasteiger partial charge in [-0.3, -0.25) is 14.6 Å². The normalized spacial score (nSPS) is 17.3. The summed E-state index contributed by atoms with van der Waals surface area (Å²) in [7, 11) is 0. The molecule has 142 valence electrons. The molecular weight excluding hydrogens is 336 g/mol. The van der Waals surface area contributed by atoms with Gasteiger partial charge in [-0.05, 0) is 24.2 Å². The number of carbonyl (C=O) groups is 3. The Labute approximate surface area is 152 Å². The fourth-order valence-electron chi connectivity index (χ4n) is 3.20. The van der Waals surface area contributed by atoms with E-state index < -0.39 is 35.3 Å². The first-order valence-corrected chi connectivity index (χ1v) is 8.80. The summed E-state index contributed by atoms with van der Waals surface area (Å²) in [4.78, 5) is 44.6. The van der Waals surface area contributed by atoms with E-state index in [-0.39, 0.29) is 11.6 Å². The van der Waals surface area contributed by atoms with Crippen LogP contribution in [0.15, 0.2) is 18.6 Å². The van der Waals surface area contributed by atoms with E-state index in [1.165, 1.54) is 18.6 Å². The number of hydrogen-bond donors (Lipinski definition) is 3. The predicted molar refractivity (Wildman–Crippen MR) is 94.3 cm³/mol. The number of aromatic nitrogens is 2. The van der Waals surface area contributed by atoms with Crippen LogP contribution < -0.4 is 10.6 Å². The van der Waals surface area contributed by atoms with Crippen molar-refractivity contribution in [2.75, 3.05) is 0 Å². The van der Waals surface area contributed by atoms with E-state index in [4.69, 9.17) is 0 Å². The first-order valence-electron chi connectivity index (χ1n) is 8.80. The van der Waals surface area contributed by atoms with Crippen LogP contribution >= 0.6 is 0 Å². The fraction of sp³-hybridized carbons (Fsp3) is 0.611. The molecule has 1 fully saturated rings. The van der Waals surface area contributed by atoms with Crippen LogP contribution in [0.25, 0.3) is 0 Å². The van der Waals surface area contributed by atoms with Gasteiger partial charge < -0.3 is 15.7 Å². The quantitative estimate of drug-likeness (QED) is 0.703. The van der Waals surface area contributed by atoms with Gasteiger partial charge in [0.1, 0.15) is 17.8 Å². The molecule has 0 aliphatic heterocycles. The number of hydrogen-bond acceptors (Lipinski definition) is 5. The minimum Gasteiger partial charge on any atom is -0.480 e. The molecule has 0 radical (unpaired) electrons. The lowest BCUT2D eigenvalue weighted by atomic mass is 9.86. The Morgan fingerprint density at radius 1 is 1.15 bits per heavy atom. The molecule has 26 heavy (non-hydrogen) atoms. The summed E-state index contributed by atoms with van der Waals surface area (Å²) in [5, 5.41) is 14.8. The Hall–Kier alpha value is -2.51. The monoisotopic (exact) mass is 362 g/mol. The molecule has 1 aromatic heterocycles. The molecule has 1 aromatic rings. The zero-order chi connectivity index (χ0) is 19.3. The molecule has 2 atom stereocenters. The number of nitrogens with zero attached hydrogens (tertiary/aromatic N) is 2. The van der Waals surface area contributed by atoms with Crippen LogP contribution in [0, 0.1) is 11.3 Å². The second kappa shape index (κ2) is 8.25. The van der Waals surface area contributed by atoms with Gasteiger partial charge in [-0.2, -0.15) is 0 Å². The zero-order valence-electron chi connectivity index (χ0n) is 15.4. The molecule has 0 saturated heterocycles. The predicted octanol–water partition coefficient (Wildman–Crippen LogP) is 1.38. The number of carbonyl (C=O) groups excluding carboxylic acids is 2. The third-order valence-corrected chi connectivity index (χ3v) is 4.64. The number of rotatable bonds is 6. The number of carboxylic acid groups (broad SMARTS) is 1. The van der Waals surface area contributed by atoms with Gasteiger partial charge in [0.15, 0.2) is 0 Å². The van der Waals surface area contributed by atoms with Crippen molar-refractivity contribution >= 4 is 17.8 Å². The van der Waals surface area contributed by atoms with Crippen molar-refractivity contribution in [3.05, 3.63) is 24.3 Å². The van der Waals surface area contributed by atoms with E-state index in [0.717, 1.165) is 25.7 Å². The van der Waals surface area contributed by atoms with Gasteiger partial charge >= 0.3 is 5.97 Å². The lowest BCUT2D eigenvalue weighted by Crippen LogP contribution is -2.57. The van der Waals surface area contributed by atoms with Crippen LogP contribution in [0.5, 0.6) is 0 Å². The van der Waals surface area contributed by atoms with E-state index >= 15 is 0 Å². The summed E-state index contributed by atoms with van der Waals surface area (Å²) >= 11 is 0. The van der Waals surface area contributed by atoms with E-state index in [2.05, 4.69) is 20.6 Å². The maximum Gasteiger partial charge on any atom is 0.326 e. The van der Waals surface area contributed by atoms with Gasteiger partial charge in [0.05, 0.1) is 6.20 Å². The largest absolute Gasteiger partial charge is 0.480 e. The van der Waals surface area contributed by atoms with Crippen molar-refractivity contribution < 1.29 is 19.5 Å². The molecule has 1 saturated carbocycles. The highest BCUT2D eigenvalue weighted by atomic mass is 16.4. The molecule has 2 rings (SSSR count). The Morgan fingerprint density at radius 2 is 1.81 bits per heavy atom. The molecule has 0 unspecified atom stereocenters. The standard InChI is InChI=1S/C18H26N4O4/c1-18(2,3)14(17(25)26)22-16(24)13(11-6-4-5-7-11)21-15(23)12-10-19-8-9-20-12/h8-11,13-14H,4-7H2,1-3H3,(H,21,23)(H,22,24)(H,25,26)/t13-,14+/m0/s1. The summed E-state index contributed by atoms with van der Waals surface area (Å²) in [5.41, 5.74) is -0.537. The summed E-state index contributed by atoms with van der Waals surface area (Å²) in [6, 6.07) is -1.84. The summed E-state index contributed by atoms with van der Waals surface area (Å²) in [6.07, 6.45) is 7.78. The van der Waals surface area contributed by atoms with Crippen LogP contribution in [0.4, 0.5) is 0 Å². The third kappa shape index (κ3) is 5.00. The summed E-state index contributed by atoms with van der Waals surface area (Å²) in [6.45, 7) is 5.23. The molecule has 3 N–H and O–H groups in total. The van der Waals surface area contributed by atoms with Crippen molar-refractivity contribution in [1.29, 1.82) is 0 Å². The number of amides is 2. The Balaban J connectivity index is 2.17. The molecule has 1 aliphatic carbocycles. The van der Waals surface area contributed by atoms with Crippen LogP contribution in [-0.4, -0.2) is 44.9 Å². The van der Waals surface area contributed by atoms with Crippen molar-refractivity contribution in [3.63, 3.8) is 0 Å². The van der Waals surface area contributed by atoms with Gasteiger partial charge in [-0.1, -0.05) is 33.6 Å². The second-order valence-electron chi connectivity index (χ2n) is 7.73. The molecule has 0 aromatic carbocycles. The van der Waals surface area contributed by atoms with Crippen LogP contribution in [0.3, 0.4) is 0 Å². The van der Waals surface area contributed by atoms with Gasteiger partial charge in [0.2, 0.25) is 5.91 Å². The molecule has 8 nitrogen and oxygen atoms in total. The maximum atomic E-state index is 12.8. The SMILES string of the molecule is CC(C)(C)[C@H](NC(=O)[C@@H](NC(=O)c1cnccn1)C1CCCC1)C(=O)O. The smallest absolute Gasteiger partial charge is 0.326 e. The third-order valence-electron chi connectivity index (χ3n) is 4.64. The zero-order valence-corrected chi connectivity index (χ0v) is 15.4. The number of nitrogens with one attached hydrogen (secondary N) is 2. The summed E-state index contributed by atoms with van der Waals surface area (Å²) in [5.74, 6) is -2.09. The Morgan fingerprint density at radius 3 is 2.31 bits per heavy atom. The van der Waals surface area contributed by atoms with Gasteiger partial charge in [0.25, 0.3) is 5.91 Å². The average Bonchev–Trinajstić information content (AvgIpc) is 3.10. The lowest BCUT2D eigenvalue weighted by Gasteiger charge is -2.31. The molecule has 0 bridgehead atoms. The van der Waals surface area contributed by atoms with E-state index in [0.29, 0.717) is 0 Å². The Kier molecular flexibility index (Phi) is 6.28. The molecule has 2 amide bonds. The van der Waals surface area contributed by atoms with Crippen LogP contribution in [-0.2, 0) is 9.59 Å². The molecule has 1 heterocycles. The number of carboxylic acids is 1. The van der Waals surface area contributed by atoms with Gasteiger partial charge in [-0.25, -0.2) is 9.78 Å². The van der Waals surface area contributed by atoms with E-state index in [9.17, 15) is 19.5 Å². The van der Waals surface area contributed by atoms with Crippen LogP contribution in [0.2, 0.25) is 0 Å². The second-order valence-corrected chi connectivity index (χ2v) is 7.73. The highest BCUT2D eigenvalue weighted by Gasteiger charge is 2.38. The first-order chi connectivity index (χ1) is 12.2. The van der Waals surface area contributed by atoms with Gasteiger partial charge in [0, 0.05) is 12.4 Å². The topological polar surface area (TPSA) is 121 Å². The van der Waals surface area contributed by atoms with Crippen molar-refractivity contribution in [2.24, 2.45) is 11.3 Å². The molecule has 1 aliphatic rings. The van der Waals surface area contributed by atoms with E-state index in [1.54, 1.807) is 20.8 Å². The highest BCUT2D eigenvalue weighted by molar-refractivity contribution is 5.96. The van der Waals surface area contributed by atoms with Gasteiger partial charge in [-0.15, -0.1) is 0 Å². The minimum absolute atomic E-state index is 0.0231. The Bertz CT molecular complexity index is 651. The van der Waals surface area contributed by atoms with Crippen molar-refractivity contribution in [1.82, 2.24) is 20.6 Å². The van der Waals surface area contributed by atoms with Crippen LogP contribution in [0.1, 0.15) is 56.9 Å². The molecule has 8 heteroatoms. The van der Waals surface area contributed by atoms with E-state index in [1.807, 2.05) is 0 Å². The maximum absolute atomic E-state index is 12.8. The molecular formula is C18H26N4O4. The minimum atomic E-state index is -1.10. The first kappa shape index (κ1) is 19.8. The average molecular weight is 362 g/mol. The summed E-state index contributed by atoms with van der Waals surface area (Å²) < 4.78 is 0.